The van der Waals surface area contributed by atoms with Gasteiger partial charge in [0.2, 0.25) is 0 Å². The third-order valence-corrected chi connectivity index (χ3v) is 5.36. The van der Waals surface area contributed by atoms with E-state index in [9.17, 15) is 27.6 Å². The van der Waals surface area contributed by atoms with Crippen molar-refractivity contribution in [2.45, 2.75) is 32.0 Å². The van der Waals surface area contributed by atoms with E-state index in [0.717, 1.165) is 16.8 Å². The molecule has 3 heterocycles. The largest absolute Gasteiger partial charge is 0.481 e. The number of hydrogen-bond donors (Lipinski definition) is 1. The zero-order valence-electron chi connectivity index (χ0n) is 16.1. The monoisotopic (exact) mass is 500 g/mol. The van der Waals surface area contributed by atoms with Gasteiger partial charge in [0.15, 0.2) is 0 Å². The van der Waals surface area contributed by atoms with Crippen molar-refractivity contribution in [1.29, 1.82) is 0 Å². The molecular weight excluding hydrogens is 485 g/mol. The van der Waals surface area contributed by atoms with Crippen LogP contribution in [0, 0.1) is 0 Å². The van der Waals surface area contributed by atoms with Gasteiger partial charge in [-0.2, -0.15) is 13.2 Å². The molecule has 3 rings (SSSR count). The minimum atomic E-state index is -4.57. The summed E-state index contributed by atoms with van der Waals surface area (Å²) in [4.78, 5) is 44.0. The van der Waals surface area contributed by atoms with Crippen molar-refractivity contribution in [2.75, 3.05) is 0 Å². The topological polar surface area (TPSA) is 107 Å². The molecule has 0 aliphatic rings. The summed E-state index contributed by atoms with van der Waals surface area (Å²) in [6.45, 7) is -0.0957. The Hall–Kier alpha value is -3.02. The fourth-order valence-corrected chi connectivity index (χ4v) is 3.59. The van der Waals surface area contributed by atoms with E-state index >= 15 is 0 Å². The molecule has 0 saturated heterocycles. The Bertz CT molecular complexity index is 1270. The van der Waals surface area contributed by atoms with E-state index in [2.05, 4.69) is 25.9 Å². The van der Waals surface area contributed by atoms with Crippen LogP contribution in [0.5, 0.6) is 0 Å². The van der Waals surface area contributed by atoms with E-state index in [1.807, 2.05) is 0 Å². The first-order valence-electron chi connectivity index (χ1n) is 9.01. The number of aliphatic carboxylic acids is 1. The van der Waals surface area contributed by atoms with Crippen molar-refractivity contribution in [1.82, 2.24) is 19.1 Å². The van der Waals surface area contributed by atoms with Crippen molar-refractivity contribution in [3.63, 3.8) is 0 Å². The lowest BCUT2D eigenvalue weighted by Gasteiger charge is -2.14. The van der Waals surface area contributed by atoms with Crippen LogP contribution in [-0.2, 0) is 31.0 Å². The molecule has 3 aromatic heterocycles. The first kappa shape index (κ1) is 22.7. The maximum atomic E-state index is 13.1. The molecular formula is C19H16BrF3N4O4. The smallest absolute Gasteiger partial charge is 0.433 e. The van der Waals surface area contributed by atoms with Gasteiger partial charge in [0, 0.05) is 43.3 Å². The predicted octanol–water partition coefficient (Wildman–Crippen LogP) is 2.73. The second-order valence-corrected chi connectivity index (χ2v) is 7.66. The van der Waals surface area contributed by atoms with Gasteiger partial charge in [-0.15, -0.1) is 0 Å². The Labute approximate surface area is 181 Å². The number of aryl methyl sites for hydroxylation is 1. The van der Waals surface area contributed by atoms with Gasteiger partial charge >= 0.3 is 17.8 Å². The molecule has 1 N–H and O–H groups in total. The average Bonchev–Trinajstić information content (AvgIpc) is 2.70. The summed E-state index contributed by atoms with van der Waals surface area (Å²) in [6.07, 6.45) is -2.15. The number of carboxylic acids is 1. The first-order chi connectivity index (χ1) is 14.5. The molecule has 0 spiro atoms. The molecule has 0 unspecified atom stereocenters. The highest BCUT2D eigenvalue weighted by Crippen LogP contribution is 2.28. The van der Waals surface area contributed by atoms with Gasteiger partial charge in [-0.1, -0.05) is 6.07 Å². The van der Waals surface area contributed by atoms with Gasteiger partial charge in [0.1, 0.15) is 11.3 Å². The average molecular weight is 501 g/mol. The lowest BCUT2D eigenvalue weighted by Crippen LogP contribution is -2.40. The molecule has 0 fully saturated rings. The quantitative estimate of drug-likeness (QED) is 0.557. The molecule has 0 aromatic carbocycles. The summed E-state index contributed by atoms with van der Waals surface area (Å²) in [5, 5.41) is 8.92. The lowest BCUT2D eigenvalue weighted by molar-refractivity contribution is -0.141. The summed E-state index contributed by atoms with van der Waals surface area (Å²) in [6, 6.07) is 2.12. The minimum absolute atomic E-state index is 0.0628. The number of alkyl halides is 3. The number of aromatic nitrogens is 4. The number of carbonyl (C=O) groups is 1. The maximum Gasteiger partial charge on any atom is 0.433 e. The molecule has 12 heteroatoms. The van der Waals surface area contributed by atoms with Gasteiger partial charge in [-0.05, 0) is 39.5 Å². The zero-order chi connectivity index (χ0) is 22.9. The van der Waals surface area contributed by atoms with Gasteiger partial charge in [0.25, 0.3) is 5.56 Å². The number of pyridine rings is 2. The molecule has 0 aliphatic carbocycles. The van der Waals surface area contributed by atoms with Crippen LogP contribution in [-0.4, -0.2) is 30.2 Å². The Kier molecular flexibility index (Phi) is 6.30. The molecule has 3 aromatic rings. The molecule has 0 bridgehead atoms. The number of hydrogen-bond acceptors (Lipinski definition) is 5. The van der Waals surface area contributed by atoms with E-state index in [1.165, 1.54) is 23.9 Å². The van der Waals surface area contributed by atoms with Crippen molar-refractivity contribution in [2.24, 2.45) is 7.05 Å². The summed E-state index contributed by atoms with van der Waals surface area (Å²) >= 11 is 3.32. The highest BCUT2D eigenvalue weighted by Gasteiger charge is 2.32. The fourth-order valence-electron chi connectivity index (χ4n) is 3.15. The molecule has 164 valence electrons. The number of fused-ring (bicyclic) bond motifs is 1. The second kappa shape index (κ2) is 8.61. The summed E-state index contributed by atoms with van der Waals surface area (Å²) in [7, 11) is 1.43. The van der Waals surface area contributed by atoms with Gasteiger partial charge < -0.3 is 5.11 Å². The van der Waals surface area contributed by atoms with Crippen LogP contribution < -0.4 is 11.2 Å². The van der Waals surface area contributed by atoms with Crippen molar-refractivity contribution < 1.29 is 23.1 Å². The van der Waals surface area contributed by atoms with E-state index in [1.54, 1.807) is 0 Å². The molecule has 0 saturated carbocycles. The SMILES string of the molecule is Cn1c(=O)n(CCCC(=O)O)c(=O)c2c(Cc3ccc(C(F)(F)F)nc3)c(Br)cnc21. The molecule has 8 nitrogen and oxygen atoms in total. The molecule has 0 atom stereocenters. The van der Waals surface area contributed by atoms with Crippen molar-refractivity contribution in [3.8, 4) is 0 Å². The van der Waals surface area contributed by atoms with E-state index in [4.69, 9.17) is 5.11 Å². The van der Waals surface area contributed by atoms with Gasteiger partial charge in [-0.25, -0.2) is 9.78 Å². The Morgan fingerprint density at radius 3 is 2.48 bits per heavy atom. The van der Waals surface area contributed by atoms with Crippen LogP contribution in [0.15, 0.2) is 38.6 Å². The number of rotatable bonds is 6. The Balaban J connectivity index is 2.12. The van der Waals surface area contributed by atoms with Crippen molar-refractivity contribution in [3.05, 3.63) is 66.7 Å². The van der Waals surface area contributed by atoms with Crippen LogP contribution in [0.4, 0.5) is 13.2 Å². The summed E-state index contributed by atoms with van der Waals surface area (Å²) in [5.74, 6) is -1.05. The standard InChI is InChI=1S/C19H16BrF3N4O4/c1-26-16-15(17(30)27(18(26)31)6-2-3-14(28)29)11(12(20)9-25-16)7-10-4-5-13(24-8-10)19(21,22)23/h4-5,8-9H,2-3,6-7H2,1H3,(H,28,29). The first-order valence-corrected chi connectivity index (χ1v) is 9.81. The third-order valence-electron chi connectivity index (χ3n) is 4.68. The van der Waals surface area contributed by atoms with E-state index in [-0.39, 0.29) is 36.8 Å². The molecule has 31 heavy (non-hydrogen) atoms. The van der Waals surface area contributed by atoms with E-state index < -0.39 is 29.1 Å². The van der Waals surface area contributed by atoms with Crippen LogP contribution in [0.3, 0.4) is 0 Å². The van der Waals surface area contributed by atoms with E-state index in [0.29, 0.717) is 15.6 Å². The predicted molar refractivity (Wildman–Crippen MR) is 108 cm³/mol. The van der Waals surface area contributed by atoms with Gasteiger partial charge in [-0.3, -0.25) is 23.7 Å². The number of halogens is 4. The third kappa shape index (κ3) is 4.68. The Morgan fingerprint density at radius 2 is 1.90 bits per heavy atom. The number of nitrogens with zero attached hydrogens (tertiary/aromatic N) is 4. The summed E-state index contributed by atoms with van der Waals surface area (Å²) < 4.78 is 40.8. The van der Waals surface area contributed by atoms with Crippen LogP contribution in [0.2, 0.25) is 0 Å². The Morgan fingerprint density at radius 1 is 1.19 bits per heavy atom. The number of carboxylic acid groups (broad SMARTS) is 1. The van der Waals surface area contributed by atoms with Crippen molar-refractivity contribution >= 4 is 32.9 Å². The molecule has 0 amide bonds. The van der Waals surface area contributed by atoms with Crippen LogP contribution >= 0.6 is 15.9 Å². The zero-order valence-corrected chi connectivity index (χ0v) is 17.7. The minimum Gasteiger partial charge on any atom is -0.481 e. The van der Waals surface area contributed by atoms with Crippen LogP contribution in [0.25, 0.3) is 11.0 Å². The van der Waals surface area contributed by atoms with Crippen LogP contribution in [0.1, 0.15) is 29.7 Å². The highest BCUT2D eigenvalue weighted by molar-refractivity contribution is 9.10. The fraction of sp³-hybridized carbons (Fsp3) is 0.316. The molecule has 0 aliphatic heterocycles. The highest BCUT2D eigenvalue weighted by atomic mass is 79.9. The van der Waals surface area contributed by atoms with Gasteiger partial charge in [0.05, 0.1) is 5.39 Å². The lowest BCUT2D eigenvalue weighted by atomic mass is 10.0. The molecule has 0 radical (unpaired) electrons. The second-order valence-electron chi connectivity index (χ2n) is 6.81. The normalized spacial score (nSPS) is 11.8. The maximum absolute atomic E-state index is 13.1. The summed E-state index contributed by atoms with van der Waals surface area (Å²) in [5.41, 5.74) is -1.35.